The van der Waals surface area contributed by atoms with Crippen LogP contribution in [-0.2, 0) is 0 Å². The summed E-state index contributed by atoms with van der Waals surface area (Å²) in [6.45, 7) is -0.0326. The van der Waals surface area contributed by atoms with Gasteiger partial charge in [-0.15, -0.1) is 0 Å². The molecule has 2 aromatic heterocycles. The van der Waals surface area contributed by atoms with Gasteiger partial charge in [0.25, 0.3) is 6.71 Å². The third-order valence-electron chi connectivity index (χ3n) is 15.3. The molecule has 11 aromatic carbocycles. The smallest absolute Gasteiger partial charge is 0.252 e. The minimum atomic E-state index is -0.0326. The summed E-state index contributed by atoms with van der Waals surface area (Å²) in [4.78, 5) is 4.84. The van der Waals surface area contributed by atoms with Gasteiger partial charge in [0.05, 0.1) is 22.4 Å². The van der Waals surface area contributed by atoms with Crippen LogP contribution in [0.5, 0.6) is 0 Å². The predicted molar refractivity (Wildman–Crippen MR) is 303 cm³/mol. The third kappa shape index (κ3) is 6.01. The normalized spacial score (nSPS) is 12.3. The van der Waals surface area contributed by atoms with Crippen molar-refractivity contribution in [3.05, 3.63) is 284 Å². The highest BCUT2D eigenvalue weighted by molar-refractivity contribution is 7.00. The molecule has 0 N–H and O–H groups in total. The van der Waals surface area contributed by atoms with E-state index in [2.05, 4.69) is 286 Å². The number of hydrogen-bond acceptors (Lipinski definition) is 2. The van der Waals surface area contributed by atoms with Crippen LogP contribution in [0.4, 0.5) is 34.1 Å². The first-order valence-electron chi connectivity index (χ1n) is 25.0. The van der Waals surface area contributed by atoms with E-state index in [0.717, 1.165) is 34.1 Å². The lowest BCUT2D eigenvalue weighted by molar-refractivity contribution is 0.980. The molecule has 0 fully saturated rings. The van der Waals surface area contributed by atoms with E-state index in [0.29, 0.717) is 0 Å². The minimum absolute atomic E-state index is 0.0326. The van der Waals surface area contributed by atoms with Crippen molar-refractivity contribution in [1.82, 2.24) is 9.13 Å². The van der Waals surface area contributed by atoms with Crippen LogP contribution in [-0.4, -0.2) is 15.8 Å². The maximum absolute atomic E-state index is 2.61. The lowest BCUT2D eigenvalue weighted by Gasteiger charge is -2.37. The predicted octanol–water partition coefficient (Wildman–Crippen LogP) is 15.1. The quantitative estimate of drug-likeness (QED) is 0.106. The molecule has 5 heteroatoms. The van der Waals surface area contributed by atoms with E-state index in [4.69, 9.17) is 0 Å². The van der Waals surface area contributed by atoms with E-state index in [1.807, 2.05) is 0 Å². The van der Waals surface area contributed by atoms with Gasteiger partial charge in [-0.2, -0.15) is 0 Å². The number of benzene rings is 11. The fraction of sp³-hybridized carbons (Fsp3) is 0.0149. The van der Waals surface area contributed by atoms with Crippen molar-refractivity contribution < 1.29 is 0 Å². The molecule has 0 amide bonds. The zero-order valence-corrected chi connectivity index (χ0v) is 39.3. The lowest BCUT2D eigenvalue weighted by Crippen LogP contribution is -2.59. The molecule has 336 valence electrons. The number of hydrogen-bond donors (Lipinski definition) is 0. The molecule has 0 saturated carbocycles. The van der Waals surface area contributed by atoms with Crippen molar-refractivity contribution in [3.63, 3.8) is 0 Å². The second kappa shape index (κ2) is 16.1. The Morgan fingerprint density at radius 3 is 1.32 bits per heavy atom. The summed E-state index contributed by atoms with van der Waals surface area (Å²) in [7, 11) is 0. The van der Waals surface area contributed by atoms with E-state index in [1.165, 1.54) is 88.1 Å². The Morgan fingerprint density at radius 2 is 0.778 bits per heavy atom. The molecule has 2 aliphatic rings. The summed E-state index contributed by atoms with van der Waals surface area (Å²) in [6.07, 6.45) is 0. The van der Waals surface area contributed by atoms with Gasteiger partial charge in [0.15, 0.2) is 0 Å². The highest BCUT2D eigenvalue weighted by Crippen LogP contribution is 2.47. The Hall–Kier alpha value is -9.32. The van der Waals surface area contributed by atoms with Gasteiger partial charge >= 0.3 is 0 Å². The van der Waals surface area contributed by atoms with Crippen LogP contribution >= 0.6 is 0 Å². The molecule has 0 radical (unpaired) electrons. The van der Waals surface area contributed by atoms with E-state index in [-0.39, 0.29) is 12.6 Å². The van der Waals surface area contributed by atoms with Gasteiger partial charge in [-0.1, -0.05) is 176 Å². The Balaban J connectivity index is 1.03. The van der Waals surface area contributed by atoms with Gasteiger partial charge in [0, 0.05) is 72.6 Å². The average Bonchev–Trinajstić information content (AvgIpc) is 3.96. The molecular weight excluding hydrogens is 872 g/mol. The molecule has 15 rings (SSSR count). The van der Waals surface area contributed by atoms with Crippen LogP contribution in [0.1, 0.15) is 22.6 Å². The Labute approximate surface area is 418 Å². The van der Waals surface area contributed by atoms with Crippen molar-refractivity contribution in [2.24, 2.45) is 0 Å². The van der Waals surface area contributed by atoms with Crippen molar-refractivity contribution >= 4 is 101 Å². The number of fused-ring (bicyclic) bond motifs is 10. The summed E-state index contributed by atoms with van der Waals surface area (Å²) in [6, 6.07) is 98.4. The summed E-state index contributed by atoms with van der Waals surface area (Å²) >= 11 is 0. The average molecular weight is 917 g/mol. The summed E-state index contributed by atoms with van der Waals surface area (Å²) in [5.74, 6) is 0.0894. The van der Waals surface area contributed by atoms with Crippen LogP contribution in [0.2, 0.25) is 0 Å². The molecule has 4 heterocycles. The molecule has 0 unspecified atom stereocenters. The monoisotopic (exact) mass is 916 g/mol. The maximum atomic E-state index is 2.61. The van der Waals surface area contributed by atoms with Crippen LogP contribution in [0.3, 0.4) is 0 Å². The highest BCUT2D eigenvalue weighted by atomic mass is 15.2. The molecular formula is C67H45BN4. The van der Waals surface area contributed by atoms with Crippen molar-refractivity contribution in [3.8, 4) is 11.4 Å². The van der Waals surface area contributed by atoms with Gasteiger partial charge in [0.2, 0.25) is 0 Å². The molecule has 0 saturated heterocycles. The largest absolute Gasteiger partial charge is 0.310 e. The fourth-order valence-electron chi connectivity index (χ4n) is 12.5. The second-order valence-electron chi connectivity index (χ2n) is 19.2. The number of para-hydroxylation sites is 6. The van der Waals surface area contributed by atoms with Crippen LogP contribution in [0.25, 0.3) is 55.0 Å². The van der Waals surface area contributed by atoms with Gasteiger partial charge < -0.3 is 18.9 Å². The first-order valence-corrected chi connectivity index (χ1v) is 25.0. The first-order chi connectivity index (χ1) is 35.8. The molecule has 72 heavy (non-hydrogen) atoms. The summed E-state index contributed by atoms with van der Waals surface area (Å²) < 4.78 is 5.20. The van der Waals surface area contributed by atoms with Crippen LogP contribution < -0.4 is 26.2 Å². The van der Waals surface area contributed by atoms with Crippen molar-refractivity contribution in [1.29, 1.82) is 0 Å². The van der Waals surface area contributed by atoms with Gasteiger partial charge in [-0.05, 0) is 124 Å². The maximum Gasteiger partial charge on any atom is 0.252 e. The van der Waals surface area contributed by atoms with E-state index < -0.39 is 0 Å². The van der Waals surface area contributed by atoms with Crippen molar-refractivity contribution in [2.45, 2.75) is 5.92 Å². The number of nitrogens with zero attached hydrogens (tertiary/aromatic N) is 4. The van der Waals surface area contributed by atoms with Gasteiger partial charge in [0.1, 0.15) is 0 Å². The van der Waals surface area contributed by atoms with E-state index in [9.17, 15) is 0 Å². The second-order valence-corrected chi connectivity index (χ2v) is 19.2. The third-order valence-corrected chi connectivity index (χ3v) is 15.3. The fourth-order valence-corrected chi connectivity index (χ4v) is 12.5. The first kappa shape index (κ1) is 40.6. The van der Waals surface area contributed by atoms with Crippen LogP contribution in [0, 0.1) is 0 Å². The number of aromatic nitrogens is 2. The molecule has 0 bridgehead atoms. The van der Waals surface area contributed by atoms with Crippen molar-refractivity contribution in [2.75, 3.05) is 9.80 Å². The van der Waals surface area contributed by atoms with Gasteiger partial charge in [-0.3, -0.25) is 0 Å². The molecule has 0 aliphatic carbocycles. The Bertz CT molecular complexity index is 4090. The molecule has 13 aromatic rings. The molecule has 0 atom stereocenters. The number of rotatable bonds is 9. The van der Waals surface area contributed by atoms with E-state index in [1.54, 1.807) is 0 Å². The SMILES string of the molecule is c1ccc(C(c2ccccc2)c2ccc3c(c2)c2cccc4c2n3-c2ccc(N(c3ccccc3)c3ccccc3)c3c2B4c2cccc4c5cc(N(c6ccccc6)c6ccccc6)ccc5n-3c24)cc1. The minimum Gasteiger partial charge on any atom is -0.310 e. The Kier molecular flexibility index (Phi) is 9.08. The van der Waals surface area contributed by atoms with Crippen LogP contribution in [0.15, 0.2) is 267 Å². The molecule has 4 nitrogen and oxygen atoms in total. The molecule has 2 aliphatic heterocycles. The Morgan fingerprint density at radius 1 is 0.319 bits per heavy atom. The summed E-state index contributed by atoms with van der Waals surface area (Å²) in [5, 5.41) is 5.01. The lowest BCUT2D eigenvalue weighted by atomic mass is 9.34. The number of anilines is 6. The molecule has 0 spiro atoms. The standard InChI is InChI=1S/C67H45BN4/c1-7-21-45(22-8-1)63(46-23-9-2-10-24-46)47-37-39-59-55(43-47)53-33-19-35-57-65(53)71(59)61-41-42-62(70(50-29-15-5-16-30-50)51-31-17-6-18-32-51)67-64(61)68(57)58-36-20-34-54-56-44-52(38-40-60(56)72(67)66(54)58)69(48-25-11-3-12-26-48)49-27-13-4-14-28-49/h1-44,63H. The summed E-state index contributed by atoms with van der Waals surface area (Å²) in [5.41, 5.74) is 21.9. The topological polar surface area (TPSA) is 16.3 Å². The van der Waals surface area contributed by atoms with E-state index >= 15 is 0 Å². The zero-order valence-electron chi connectivity index (χ0n) is 39.3. The van der Waals surface area contributed by atoms with Gasteiger partial charge in [-0.25, -0.2) is 0 Å². The highest BCUT2D eigenvalue weighted by Gasteiger charge is 2.42. The zero-order chi connectivity index (χ0) is 47.3.